The van der Waals surface area contributed by atoms with Crippen LogP contribution in [0.1, 0.15) is 6.92 Å². The van der Waals surface area contributed by atoms with Crippen molar-refractivity contribution in [1.29, 1.82) is 5.41 Å². The molecule has 3 N–H and O–H groups in total. The minimum absolute atomic E-state index is 0.0132. The van der Waals surface area contributed by atoms with Crippen molar-refractivity contribution in [2.24, 2.45) is 11.7 Å². The summed E-state index contributed by atoms with van der Waals surface area (Å²) >= 11 is 5.99. The molecule has 0 amide bonds. The second kappa shape index (κ2) is 4.98. The van der Waals surface area contributed by atoms with E-state index in [4.69, 9.17) is 22.7 Å². The van der Waals surface area contributed by atoms with Crippen molar-refractivity contribution in [3.63, 3.8) is 0 Å². The van der Waals surface area contributed by atoms with Crippen molar-refractivity contribution in [2.75, 3.05) is 18.5 Å². The van der Waals surface area contributed by atoms with E-state index in [0.29, 0.717) is 11.6 Å². The fraction of sp³-hybridized carbons (Fsp3) is 0.400. The SMILES string of the molecule is CC(CN(C)c1ccncc1Cl)C(=N)N. The molecule has 1 atom stereocenters. The summed E-state index contributed by atoms with van der Waals surface area (Å²) in [5.41, 5.74) is 6.31. The Morgan fingerprint density at radius 3 is 2.93 bits per heavy atom. The molecular weight excluding hydrogens is 212 g/mol. The number of anilines is 1. The first-order chi connectivity index (χ1) is 7.02. The van der Waals surface area contributed by atoms with Gasteiger partial charge in [-0.1, -0.05) is 18.5 Å². The third-order valence-electron chi connectivity index (χ3n) is 2.24. The maximum absolute atomic E-state index is 7.32. The summed E-state index contributed by atoms with van der Waals surface area (Å²) in [5.74, 6) is 0.200. The van der Waals surface area contributed by atoms with Crippen LogP contribution in [0.3, 0.4) is 0 Å². The van der Waals surface area contributed by atoms with Gasteiger partial charge >= 0.3 is 0 Å². The third-order valence-corrected chi connectivity index (χ3v) is 2.53. The van der Waals surface area contributed by atoms with Crippen LogP contribution in [0.25, 0.3) is 0 Å². The lowest BCUT2D eigenvalue weighted by molar-refractivity contribution is 0.729. The molecule has 15 heavy (non-hydrogen) atoms. The first-order valence-corrected chi connectivity index (χ1v) is 5.04. The third kappa shape index (κ3) is 3.09. The van der Waals surface area contributed by atoms with Crippen molar-refractivity contribution < 1.29 is 0 Å². The smallest absolute Gasteiger partial charge is 0.0952 e. The van der Waals surface area contributed by atoms with Gasteiger partial charge in [0.05, 0.1) is 16.5 Å². The fourth-order valence-corrected chi connectivity index (χ4v) is 1.55. The number of nitrogens with zero attached hydrogens (tertiary/aromatic N) is 2. The summed E-state index contributed by atoms with van der Waals surface area (Å²) in [6.45, 7) is 2.58. The number of aromatic nitrogens is 1. The van der Waals surface area contributed by atoms with E-state index in [-0.39, 0.29) is 11.8 Å². The summed E-state index contributed by atoms with van der Waals surface area (Å²) in [6.07, 6.45) is 3.29. The average Bonchev–Trinajstić information content (AvgIpc) is 2.18. The normalized spacial score (nSPS) is 12.2. The zero-order chi connectivity index (χ0) is 11.4. The van der Waals surface area contributed by atoms with Crippen LogP contribution in [0.5, 0.6) is 0 Å². The average molecular weight is 227 g/mol. The highest BCUT2D eigenvalue weighted by Gasteiger charge is 2.11. The Morgan fingerprint density at radius 2 is 2.40 bits per heavy atom. The first kappa shape index (κ1) is 11.8. The van der Waals surface area contributed by atoms with E-state index in [2.05, 4.69) is 4.98 Å². The molecule has 0 aliphatic rings. The van der Waals surface area contributed by atoms with Gasteiger partial charge in [0.25, 0.3) is 0 Å². The molecule has 1 rings (SSSR count). The molecule has 0 bridgehead atoms. The number of halogens is 1. The van der Waals surface area contributed by atoms with Crippen molar-refractivity contribution in [2.45, 2.75) is 6.92 Å². The van der Waals surface area contributed by atoms with Gasteiger partial charge in [-0.2, -0.15) is 0 Å². The van der Waals surface area contributed by atoms with E-state index < -0.39 is 0 Å². The summed E-state index contributed by atoms with van der Waals surface area (Å²) in [6, 6.07) is 1.84. The van der Waals surface area contributed by atoms with E-state index in [9.17, 15) is 0 Å². The van der Waals surface area contributed by atoms with E-state index >= 15 is 0 Å². The molecule has 1 heterocycles. The quantitative estimate of drug-likeness (QED) is 0.607. The molecule has 1 aromatic heterocycles. The zero-order valence-corrected chi connectivity index (χ0v) is 9.62. The lowest BCUT2D eigenvalue weighted by Crippen LogP contribution is -2.32. The fourth-order valence-electron chi connectivity index (χ4n) is 1.28. The van der Waals surface area contributed by atoms with Gasteiger partial charge in [-0.25, -0.2) is 0 Å². The highest BCUT2D eigenvalue weighted by atomic mass is 35.5. The van der Waals surface area contributed by atoms with Crippen LogP contribution in [0.4, 0.5) is 5.69 Å². The van der Waals surface area contributed by atoms with Crippen LogP contribution >= 0.6 is 11.6 Å². The lowest BCUT2D eigenvalue weighted by Gasteiger charge is -2.23. The minimum atomic E-state index is 0.0132. The molecule has 0 spiro atoms. The van der Waals surface area contributed by atoms with Crippen LogP contribution in [0, 0.1) is 11.3 Å². The lowest BCUT2D eigenvalue weighted by atomic mass is 10.1. The molecule has 0 aliphatic carbocycles. The van der Waals surface area contributed by atoms with Gasteiger partial charge in [-0.05, 0) is 6.07 Å². The Morgan fingerprint density at radius 1 is 1.73 bits per heavy atom. The van der Waals surface area contributed by atoms with Crippen LogP contribution in [0.2, 0.25) is 5.02 Å². The van der Waals surface area contributed by atoms with Crippen molar-refractivity contribution in [1.82, 2.24) is 4.98 Å². The van der Waals surface area contributed by atoms with Crippen LogP contribution in [-0.4, -0.2) is 24.4 Å². The number of hydrogen-bond acceptors (Lipinski definition) is 3. The van der Waals surface area contributed by atoms with Crippen molar-refractivity contribution >= 4 is 23.1 Å². The van der Waals surface area contributed by atoms with Gasteiger partial charge in [-0.15, -0.1) is 0 Å². The number of nitrogens with one attached hydrogen (secondary N) is 1. The highest BCUT2D eigenvalue weighted by Crippen LogP contribution is 2.23. The van der Waals surface area contributed by atoms with Crippen LogP contribution < -0.4 is 10.6 Å². The topological polar surface area (TPSA) is 66.0 Å². The maximum Gasteiger partial charge on any atom is 0.0952 e. The largest absolute Gasteiger partial charge is 0.387 e. The molecule has 0 aliphatic heterocycles. The Labute approximate surface area is 94.6 Å². The predicted molar refractivity (Wildman–Crippen MR) is 63.6 cm³/mol. The Balaban J connectivity index is 2.73. The molecule has 0 saturated carbocycles. The minimum Gasteiger partial charge on any atom is -0.387 e. The summed E-state index contributed by atoms with van der Waals surface area (Å²) in [7, 11) is 1.92. The Bertz CT molecular complexity index is 353. The van der Waals surface area contributed by atoms with Gasteiger partial charge in [0.15, 0.2) is 0 Å². The molecule has 0 fully saturated rings. The second-order valence-corrected chi connectivity index (χ2v) is 3.97. The second-order valence-electron chi connectivity index (χ2n) is 3.56. The maximum atomic E-state index is 7.32. The molecular formula is C10H15ClN4. The summed E-state index contributed by atoms with van der Waals surface area (Å²) in [4.78, 5) is 5.88. The van der Waals surface area contributed by atoms with Gasteiger partial charge in [0.2, 0.25) is 0 Å². The number of hydrogen-bond donors (Lipinski definition) is 2. The molecule has 5 heteroatoms. The van der Waals surface area contributed by atoms with Gasteiger partial charge in [0, 0.05) is 31.9 Å². The standard InChI is InChI=1S/C10H15ClN4/c1-7(10(12)13)6-15(2)9-3-4-14-5-8(9)11/h3-5,7H,6H2,1-2H3,(H3,12,13). The van der Waals surface area contributed by atoms with Crippen LogP contribution in [-0.2, 0) is 0 Å². The molecule has 1 aromatic rings. The van der Waals surface area contributed by atoms with Crippen molar-refractivity contribution in [3.05, 3.63) is 23.5 Å². The van der Waals surface area contributed by atoms with E-state index in [1.54, 1.807) is 12.4 Å². The van der Waals surface area contributed by atoms with E-state index in [0.717, 1.165) is 5.69 Å². The van der Waals surface area contributed by atoms with Gasteiger partial charge < -0.3 is 10.6 Å². The molecule has 0 aromatic carbocycles. The summed E-state index contributed by atoms with van der Waals surface area (Å²) in [5, 5.41) is 7.92. The molecule has 1 unspecified atom stereocenters. The number of nitrogens with two attached hydrogens (primary N) is 1. The van der Waals surface area contributed by atoms with E-state index in [1.807, 2.05) is 24.9 Å². The molecule has 4 nitrogen and oxygen atoms in total. The van der Waals surface area contributed by atoms with Crippen molar-refractivity contribution in [3.8, 4) is 0 Å². The highest BCUT2D eigenvalue weighted by molar-refractivity contribution is 6.33. The molecule has 0 saturated heterocycles. The van der Waals surface area contributed by atoms with Gasteiger partial charge in [-0.3, -0.25) is 10.4 Å². The predicted octanol–water partition coefficient (Wildman–Crippen LogP) is 1.74. The Kier molecular flexibility index (Phi) is 3.91. The monoisotopic (exact) mass is 226 g/mol. The summed E-state index contributed by atoms with van der Waals surface area (Å²) < 4.78 is 0. The molecule has 82 valence electrons. The first-order valence-electron chi connectivity index (χ1n) is 4.67. The number of pyridine rings is 1. The number of rotatable bonds is 4. The van der Waals surface area contributed by atoms with E-state index in [1.165, 1.54) is 0 Å². The van der Waals surface area contributed by atoms with Gasteiger partial charge in [0.1, 0.15) is 0 Å². The molecule has 0 radical (unpaired) electrons. The zero-order valence-electron chi connectivity index (χ0n) is 8.87. The number of amidine groups is 1. The van der Waals surface area contributed by atoms with Crippen LogP contribution in [0.15, 0.2) is 18.5 Å². The Hall–Kier alpha value is -1.29.